The van der Waals surface area contributed by atoms with Crippen molar-refractivity contribution < 1.29 is 14.3 Å². The van der Waals surface area contributed by atoms with Crippen molar-refractivity contribution >= 4 is 11.8 Å². The smallest absolute Gasteiger partial charge is 0.320 e. The second-order valence-electron chi connectivity index (χ2n) is 5.75. The Hall–Kier alpha value is -3.13. The van der Waals surface area contributed by atoms with E-state index in [2.05, 4.69) is 20.7 Å². The van der Waals surface area contributed by atoms with Crippen LogP contribution in [-0.4, -0.2) is 32.4 Å². The normalized spacial score (nSPS) is 13.2. The number of nitrogens with zero attached hydrogens (tertiary/aromatic N) is 3. The van der Waals surface area contributed by atoms with Gasteiger partial charge < -0.3 is 14.8 Å². The molecule has 0 unspecified atom stereocenters. The van der Waals surface area contributed by atoms with Crippen molar-refractivity contribution in [3.8, 4) is 0 Å². The second kappa shape index (κ2) is 7.18. The molecule has 3 N–H and O–H groups in total. The molecule has 2 amide bonds. The van der Waals surface area contributed by atoms with Gasteiger partial charge >= 0.3 is 6.03 Å². The van der Waals surface area contributed by atoms with Crippen LogP contribution in [0, 0.1) is 0 Å². The Kier molecular flexibility index (Phi) is 4.80. The van der Waals surface area contributed by atoms with E-state index in [-0.39, 0.29) is 6.54 Å². The number of hydrogen-bond acceptors (Lipinski definition) is 5. The molecule has 0 aliphatic rings. The summed E-state index contributed by atoms with van der Waals surface area (Å²) in [5.74, 6) is 0.911. The zero-order valence-electron chi connectivity index (χ0n) is 13.7. The van der Waals surface area contributed by atoms with Crippen molar-refractivity contribution in [2.24, 2.45) is 0 Å². The van der Waals surface area contributed by atoms with Crippen molar-refractivity contribution in [1.29, 1.82) is 0 Å². The van der Waals surface area contributed by atoms with Gasteiger partial charge in [0.05, 0.1) is 31.2 Å². The van der Waals surface area contributed by atoms with Gasteiger partial charge in [-0.15, -0.1) is 0 Å². The fraction of sp³-hybridized carbons (Fsp3) is 0.235. The lowest BCUT2D eigenvalue weighted by molar-refractivity contribution is 0.0372. The van der Waals surface area contributed by atoms with Gasteiger partial charge in [-0.1, -0.05) is 6.07 Å². The van der Waals surface area contributed by atoms with E-state index in [9.17, 15) is 9.90 Å². The van der Waals surface area contributed by atoms with E-state index in [1.807, 2.05) is 18.2 Å². The highest BCUT2D eigenvalue weighted by molar-refractivity contribution is 5.88. The molecule has 0 bridgehead atoms. The standard InChI is InChI=1S/C17H19N5O3/c1-17(24,14-6-4-10-25-14)12-19-16(23)21-15-7-9-20-22(15)11-13-5-2-3-8-18-13/h2-10,24H,11-12H2,1H3,(H2,19,21,23)/t17-/m0/s1. The average molecular weight is 341 g/mol. The van der Waals surface area contributed by atoms with Crippen LogP contribution in [0.4, 0.5) is 10.6 Å². The van der Waals surface area contributed by atoms with Gasteiger partial charge in [-0.3, -0.25) is 10.3 Å². The molecule has 3 rings (SSSR count). The molecule has 0 aliphatic heterocycles. The van der Waals surface area contributed by atoms with Crippen LogP contribution in [0.1, 0.15) is 18.4 Å². The number of nitrogens with one attached hydrogen (secondary N) is 2. The molecule has 3 aromatic rings. The van der Waals surface area contributed by atoms with Crippen LogP contribution in [0.15, 0.2) is 59.5 Å². The first-order valence-electron chi connectivity index (χ1n) is 7.77. The third-order valence-electron chi connectivity index (χ3n) is 3.64. The Balaban J connectivity index is 1.58. The Morgan fingerprint density at radius 2 is 2.16 bits per heavy atom. The highest BCUT2D eigenvalue weighted by Gasteiger charge is 2.26. The summed E-state index contributed by atoms with van der Waals surface area (Å²) in [7, 11) is 0. The van der Waals surface area contributed by atoms with E-state index in [0.717, 1.165) is 5.69 Å². The van der Waals surface area contributed by atoms with E-state index < -0.39 is 11.6 Å². The SMILES string of the molecule is C[C@](O)(CNC(=O)Nc1ccnn1Cc1ccccn1)c1ccco1. The van der Waals surface area contributed by atoms with Crippen LogP contribution in [0.3, 0.4) is 0 Å². The summed E-state index contributed by atoms with van der Waals surface area (Å²) in [5.41, 5.74) is -0.468. The Bertz CT molecular complexity index is 812. The van der Waals surface area contributed by atoms with Crippen LogP contribution < -0.4 is 10.6 Å². The van der Waals surface area contributed by atoms with Crippen LogP contribution in [-0.2, 0) is 12.1 Å². The predicted molar refractivity (Wildman–Crippen MR) is 90.9 cm³/mol. The number of pyridine rings is 1. The third-order valence-corrected chi connectivity index (χ3v) is 3.64. The Morgan fingerprint density at radius 1 is 1.28 bits per heavy atom. The number of furan rings is 1. The van der Waals surface area contributed by atoms with E-state index >= 15 is 0 Å². The number of hydrogen-bond donors (Lipinski definition) is 3. The average Bonchev–Trinajstić information content (AvgIpc) is 3.27. The van der Waals surface area contributed by atoms with Crippen molar-refractivity contribution in [3.63, 3.8) is 0 Å². The highest BCUT2D eigenvalue weighted by Crippen LogP contribution is 2.19. The number of carbonyl (C=O) groups excluding carboxylic acids is 1. The molecular formula is C17H19N5O3. The number of urea groups is 1. The maximum Gasteiger partial charge on any atom is 0.320 e. The van der Waals surface area contributed by atoms with Gasteiger partial charge in [-0.25, -0.2) is 9.48 Å². The predicted octanol–water partition coefficient (Wildman–Crippen LogP) is 1.95. The molecule has 3 heterocycles. The molecule has 8 nitrogen and oxygen atoms in total. The lowest BCUT2D eigenvalue weighted by atomic mass is 10.0. The van der Waals surface area contributed by atoms with E-state index in [1.54, 1.807) is 42.2 Å². The molecule has 0 fully saturated rings. The number of anilines is 1. The van der Waals surface area contributed by atoms with Gasteiger partial charge in [-0.05, 0) is 31.2 Å². The van der Waals surface area contributed by atoms with Gasteiger partial charge in [0.15, 0.2) is 0 Å². The number of aromatic nitrogens is 3. The summed E-state index contributed by atoms with van der Waals surface area (Å²) < 4.78 is 6.81. The fourth-order valence-electron chi connectivity index (χ4n) is 2.29. The van der Waals surface area contributed by atoms with Crippen molar-refractivity contribution in [2.75, 3.05) is 11.9 Å². The van der Waals surface area contributed by atoms with Gasteiger partial charge in [0, 0.05) is 12.3 Å². The number of rotatable bonds is 6. The highest BCUT2D eigenvalue weighted by atomic mass is 16.4. The molecule has 0 saturated carbocycles. The molecule has 8 heteroatoms. The van der Waals surface area contributed by atoms with Crippen LogP contribution in [0.25, 0.3) is 0 Å². The van der Waals surface area contributed by atoms with E-state index in [4.69, 9.17) is 4.42 Å². The molecule has 3 aromatic heterocycles. The molecule has 0 radical (unpaired) electrons. The maximum atomic E-state index is 12.1. The first-order chi connectivity index (χ1) is 12.0. The van der Waals surface area contributed by atoms with Crippen LogP contribution >= 0.6 is 0 Å². The van der Waals surface area contributed by atoms with E-state index in [0.29, 0.717) is 18.1 Å². The molecule has 0 spiro atoms. The molecule has 0 aromatic carbocycles. The minimum Gasteiger partial charge on any atom is -0.466 e. The summed E-state index contributed by atoms with van der Waals surface area (Å²) in [6.07, 6.45) is 4.77. The molecule has 0 saturated heterocycles. The minimum atomic E-state index is -1.30. The van der Waals surface area contributed by atoms with Crippen molar-refractivity contribution in [1.82, 2.24) is 20.1 Å². The number of amides is 2. The largest absolute Gasteiger partial charge is 0.466 e. The van der Waals surface area contributed by atoms with Crippen molar-refractivity contribution in [2.45, 2.75) is 19.1 Å². The van der Waals surface area contributed by atoms with Gasteiger partial charge in [0.25, 0.3) is 0 Å². The minimum absolute atomic E-state index is 0.000719. The topological polar surface area (TPSA) is 105 Å². The summed E-state index contributed by atoms with van der Waals surface area (Å²) in [4.78, 5) is 16.3. The summed E-state index contributed by atoms with van der Waals surface area (Å²) in [6.45, 7) is 2.01. The molecule has 1 atom stereocenters. The van der Waals surface area contributed by atoms with E-state index in [1.165, 1.54) is 6.26 Å². The van der Waals surface area contributed by atoms with Gasteiger partial charge in [0.2, 0.25) is 0 Å². The zero-order chi connectivity index (χ0) is 17.7. The van der Waals surface area contributed by atoms with Gasteiger partial charge in [0.1, 0.15) is 17.2 Å². The Morgan fingerprint density at radius 3 is 2.88 bits per heavy atom. The summed E-state index contributed by atoms with van der Waals surface area (Å²) >= 11 is 0. The third kappa shape index (κ3) is 4.24. The summed E-state index contributed by atoms with van der Waals surface area (Å²) in [5, 5.41) is 19.9. The first-order valence-corrected chi connectivity index (χ1v) is 7.77. The molecule has 0 aliphatic carbocycles. The first kappa shape index (κ1) is 16.7. The Labute approximate surface area is 144 Å². The van der Waals surface area contributed by atoms with Crippen LogP contribution in [0.5, 0.6) is 0 Å². The quantitative estimate of drug-likeness (QED) is 0.635. The van der Waals surface area contributed by atoms with Crippen LogP contribution in [0.2, 0.25) is 0 Å². The summed E-state index contributed by atoms with van der Waals surface area (Å²) in [6, 6.07) is 10.2. The maximum absolute atomic E-state index is 12.1. The number of aliphatic hydroxyl groups is 1. The number of carbonyl (C=O) groups is 1. The second-order valence-corrected chi connectivity index (χ2v) is 5.75. The van der Waals surface area contributed by atoms with Crippen molar-refractivity contribution in [3.05, 3.63) is 66.5 Å². The zero-order valence-corrected chi connectivity index (χ0v) is 13.7. The van der Waals surface area contributed by atoms with Gasteiger partial charge in [-0.2, -0.15) is 5.10 Å². The molecular weight excluding hydrogens is 322 g/mol. The fourth-order valence-corrected chi connectivity index (χ4v) is 2.29. The monoisotopic (exact) mass is 341 g/mol. The molecule has 25 heavy (non-hydrogen) atoms. The lowest BCUT2D eigenvalue weighted by Gasteiger charge is -2.21. The molecule has 130 valence electrons. The lowest BCUT2D eigenvalue weighted by Crippen LogP contribution is -2.40.